The Balaban J connectivity index is 1.85. The van der Waals surface area contributed by atoms with E-state index in [4.69, 9.17) is 68.3 Å². The predicted octanol–water partition coefficient (Wildman–Crippen LogP) is -1.15. The largest absolute Gasteiger partial charge is 0.458 e. The van der Waals surface area contributed by atoms with Crippen molar-refractivity contribution in [3.05, 3.63) is 31.3 Å². The molecule has 1 aliphatic carbocycles. The third-order valence-corrected chi connectivity index (χ3v) is 10.7. The third kappa shape index (κ3) is 13.5. The van der Waals surface area contributed by atoms with Crippen molar-refractivity contribution in [3.8, 4) is 0 Å². The van der Waals surface area contributed by atoms with Gasteiger partial charge in [0.25, 0.3) is 0 Å². The maximum absolute atomic E-state index is 12.8. The zero-order valence-corrected chi connectivity index (χ0v) is 37.3. The van der Waals surface area contributed by atoms with Crippen LogP contribution in [-0.2, 0) is 85.6 Å². The molecule has 6 N–H and O–H groups in total. The van der Waals surface area contributed by atoms with Crippen LogP contribution in [0.1, 0.15) is 48.0 Å². The highest BCUT2D eigenvalue weighted by molar-refractivity contribution is 5.68. The summed E-state index contributed by atoms with van der Waals surface area (Å²) in [5, 5.41) is 25.0. The second kappa shape index (κ2) is 24.9. The summed E-state index contributed by atoms with van der Waals surface area (Å²) in [5.41, 5.74) is 41.1. The number of carbonyl (C=O) groups is 6. The van der Waals surface area contributed by atoms with Crippen LogP contribution in [0.4, 0.5) is 0 Å². The van der Waals surface area contributed by atoms with Crippen molar-refractivity contribution in [1.29, 1.82) is 0 Å². The van der Waals surface area contributed by atoms with Crippen LogP contribution >= 0.6 is 0 Å². The van der Waals surface area contributed by atoms with Gasteiger partial charge in [-0.1, -0.05) is 15.3 Å². The molecule has 0 aromatic rings. The third-order valence-electron chi connectivity index (χ3n) is 10.7. The van der Waals surface area contributed by atoms with Crippen molar-refractivity contribution in [2.75, 3.05) is 26.7 Å². The lowest BCUT2D eigenvalue weighted by atomic mass is 9.83. The van der Waals surface area contributed by atoms with Gasteiger partial charge in [-0.2, -0.15) is 0 Å². The Morgan fingerprint density at radius 1 is 0.537 bits per heavy atom. The standard InChI is InChI=1S/C36H54N12O19/c1-12(50)56-25-18(42-7)8-19(43-46-39)26(65-34-23(44-47-40)30(59-15(4)53)27(57-13(2)51)20(9-37)62-34)32(25)67-36-33(61-17(6)55)29(22(11-49)64-36)66-35-24(45-48-41)31(60-16(5)54)28(58-14(3)52)21(10-38)63-35/h18-36,42,49H,8-11,37-38H2,1-7H3/t18-,19?,20?,21?,22-,23?,24?,25?,26-,27-,28-,29?,30?,31?,32?,33?,34-,35-,36+/m1/s1. The molecule has 4 aliphatic rings. The van der Waals surface area contributed by atoms with Gasteiger partial charge in [-0.25, -0.2) is 0 Å². The second-order valence-corrected chi connectivity index (χ2v) is 15.3. The van der Waals surface area contributed by atoms with Crippen LogP contribution in [0, 0.1) is 0 Å². The van der Waals surface area contributed by atoms with Gasteiger partial charge in [0.05, 0.1) is 18.8 Å². The molecule has 1 saturated carbocycles. The molecule has 0 bridgehead atoms. The number of likely N-dealkylation sites (N-methyl/N-ethyl adjacent to an activating group) is 1. The van der Waals surface area contributed by atoms with Crippen LogP contribution < -0.4 is 16.8 Å². The molecule has 31 heteroatoms. The maximum atomic E-state index is 12.8. The quantitative estimate of drug-likeness (QED) is 0.0390. The molecule has 372 valence electrons. The number of azide groups is 3. The molecule has 3 heterocycles. The number of hydrogen-bond donors (Lipinski definition) is 4. The molecule has 0 spiro atoms. The first-order valence-electron chi connectivity index (χ1n) is 20.6. The summed E-state index contributed by atoms with van der Waals surface area (Å²) in [6.45, 7) is 4.67. The minimum Gasteiger partial charge on any atom is -0.458 e. The van der Waals surface area contributed by atoms with Crippen LogP contribution in [0.2, 0.25) is 0 Å². The Bertz CT molecular complexity index is 1940. The zero-order valence-electron chi connectivity index (χ0n) is 37.3. The van der Waals surface area contributed by atoms with E-state index in [1.807, 2.05) is 0 Å². The van der Waals surface area contributed by atoms with E-state index in [0.717, 1.165) is 41.5 Å². The molecule has 3 saturated heterocycles. The highest BCUT2D eigenvalue weighted by Crippen LogP contribution is 2.40. The van der Waals surface area contributed by atoms with E-state index in [2.05, 4.69) is 35.4 Å². The molecule has 19 atom stereocenters. The molecule has 0 radical (unpaired) electrons. The fourth-order valence-electron chi connectivity index (χ4n) is 8.25. The number of carbonyl (C=O) groups excluding carboxylic acids is 6. The van der Waals surface area contributed by atoms with Gasteiger partial charge < -0.3 is 78.7 Å². The van der Waals surface area contributed by atoms with E-state index in [1.165, 1.54) is 7.05 Å². The number of hydrogen-bond acceptors (Lipinski definition) is 25. The first kappa shape index (κ1) is 54.0. The Morgan fingerprint density at radius 2 is 0.910 bits per heavy atom. The Hall–Kier alpha value is -5.65. The molecule has 11 unspecified atom stereocenters. The summed E-state index contributed by atoms with van der Waals surface area (Å²) in [4.78, 5) is 83.2. The van der Waals surface area contributed by atoms with E-state index in [1.54, 1.807) is 0 Å². The first-order chi connectivity index (χ1) is 31.9. The predicted molar refractivity (Wildman–Crippen MR) is 215 cm³/mol. The highest BCUT2D eigenvalue weighted by Gasteiger charge is 2.59. The van der Waals surface area contributed by atoms with Crippen molar-refractivity contribution >= 4 is 35.8 Å². The van der Waals surface area contributed by atoms with Crippen LogP contribution in [0.5, 0.6) is 0 Å². The molecule has 67 heavy (non-hydrogen) atoms. The van der Waals surface area contributed by atoms with Crippen molar-refractivity contribution in [3.63, 3.8) is 0 Å². The summed E-state index contributed by atoms with van der Waals surface area (Å²) in [6.07, 6.45) is -23.5. The zero-order chi connectivity index (χ0) is 49.7. The fraction of sp³-hybridized carbons (Fsp3) is 0.833. The molecule has 0 amide bonds. The minimum absolute atomic E-state index is 0.129. The fourth-order valence-corrected chi connectivity index (χ4v) is 8.25. The number of aliphatic hydroxyl groups is 1. The van der Waals surface area contributed by atoms with E-state index in [-0.39, 0.29) is 19.5 Å². The number of rotatable bonds is 19. The molecule has 3 aliphatic heterocycles. The number of esters is 6. The van der Waals surface area contributed by atoms with Crippen molar-refractivity contribution in [1.82, 2.24) is 5.32 Å². The molecule has 31 nitrogen and oxygen atoms in total. The van der Waals surface area contributed by atoms with Gasteiger partial charge >= 0.3 is 35.8 Å². The van der Waals surface area contributed by atoms with E-state index >= 15 is 0 Å². The molecular weight excluding hydrogens is 904 g/mol. The summed E-state index contributed by atoms with van der Waals surface area (Å²) in [7, 11) is 1.49. The van der Waals surface area contributed by atoms with Crippen molar-refractivity contribution < 1.29 is 90.7 Å². The first-order valence-corrected chi connectivity index (χ1v) is 20.6. The average Bonchev–Trinajstić information content (AvgIpc) is 3.56. The average molecular weight is 959 g/mol. The van der Waals surface area contributed by atoms with Crippen LogP contribution in [0.15, 0.2) is 15.3 Å². The molecule has 0 aromatic heterocycles. The smallest absolute Gasteiger partial charge is 0.303 e. The highest BCUT2D eigenvalue weighted by atomic mass is 16.8. The summed E-state index contributed by atoms with van der Waals surface area (Å²) in [5.74, 6) is -5.25. The van der Waals surface area contributed by atoms with Crippen LogP contribution in [0.3, 0.4) is 0 Å². The van der Waals surface area contributed by atoms with Crippen molar-refractivity contribution in [2.45, 2.75) is 164 Å². The summed E-state index contributed by atoms with van der Waals surface area (Å²) < 4.78 is 70.6. The lowest BCUT2D eigenvalue weighted by Crippen LogP contribution is -2.66. The number of ether oxygens (including phenoxy) is 12. The summed E-state index contributed by atoms with van der Waals surface area (Å²) in [6, 6.07) is -5.45. The van der Waals surface area contributed by atoms with Crippen LogP contribution in [0.25, 0.3) is 31.3 Å². The minimum atomic E-state index is -1.83. The lowest BCUT2D eigenvalue weighted by Gasteiger charge is -2.49. The molecular formula is C36H54N12O19. The van der Waals surface area contributed by atoms with Crippen LogP contribution in [-0.4, -0.2) is 184 Å². The van der Waals surface area contributed by atoms with Gasteiger partial charge in [0.15, 0.2) is 49.4 Å². The Kier molecular flexibility index (Phi) is 20.1. The number of nitrogens with two attached hydrogens (primary N) is 2. The monoisotopic (exact) mass is 958 g/mol. The maximum Gasteiger partial charge on any atom is 0.303 e. The number of aliphatic hydroxyl groups excluding tert-OH is 1. The Labute approximate surface area is 380 Å². The van der Waals surface area contributed by atoms with E-state index in [9.17, 15) is 50.5 Å². The van der Waals surface area contributed by atoms with E-state index in [0.29, 0.717) is 0 Å². The molecule has 0 aromatic carbocycles. The normalized spacial score (nSPS) is 36.9. The second-order valence-electron chi connectivity index (χ2n) is 15.3. The molecule has 4 rings (SSSR count). The topological polar surface area (TPSA) is 444 Å². The number of nitrogens with one attached hydrogen (secondary N) is 1. The van der Waals surface area contributed by atoms with Gasteiger partial charge in [0.2, 0.25) is 0 Å². The van der Waals surface area contributed by atoms with Gasteiger partial charge in [0.1, 0.15) is 48.7 Å². The SMILES string of the molecule is CN[C@@H]1CC(N=[N+]=[N-])[C@@H](O[C@H]2OC(CN)[C@@H](OC(C)=O)C(OC(C)=O)C2N=[N+]=[N-])C(O[C@@H]2O[C@H](CO)C(O[C@H]3OC(CN)[C@@H](OC(C)=O)C(OC(C)=O)C3N=[N+]=[N-])C2OC(C)=O)C1OC(C)=O. The molecule has 4 fully saturated rings. The van der Waals surface area contributed by atoms with Gasteiger partial charge in [-0.05, 0) is 30.1 Å². The van der Waals surface area contributed by atoms with E-state index < -0.39 is 159 Å². The van der Waals surface area contributed by atoms with Gasteiger partial charge in [-0.3, -0.25) is 28.8 Å². The van der Waals surface area contributed by atoms with Gasteiger partial charge in [-0.15, -0.1) is 0 Å². The van der Waals surface area contributed by atoms with Gasteiger partial charge in [0, 0.05) is 75.4 Å². The Morgan fingerprint density at radius 3 is 1.30 bits per heavy atom. The summed E-state index contributed by atoms with van der Waals surface area (Å²) >= 11 is 0. The lowest BCUT2D eigenvalue weighted by molar-refractivity contribution is -0.310. The van der Waals surface area contributed by atoms with Crippen molar-refractivity contribution in [2.24, 2.45) is 26.8 Å². The number of nitrogens with zero attached hydrogens (tertiary/aromatic N) is 9.